The quantitative estimate of drug-likeness (QED) is 0.196. The van der Waals surface area contributed by atoms with E-state index in [4.69, 9.17) is 14.5 Å². The number of aliphatic hydroxyl groups is 2. The number of amides is 2. The van der Waals surface area contributed by atoms with Gasteiger partial charge >= 0.3 is 7.82 Å². The SMILES string of the molecule is O=CNc1[nH]cnc1C(=O)NC1O[C@H](COP(=O)(O)O)[C@@H](O)[C@H]1O. The minimum Gasteiger partial charge on any atom is -0.387 e. The number of aromatic nitrogens is 2. The van der Waals surface area contributed by atoms with Crippen molar-refractivity contribution >= 4 is 26.0 Å². The minimum atomic E-state index is -4.78. The number of hydrogen-bond donors (Lipinski definition) is 7. The van der Waals surface area contributed by atoms with E-state index in [0.29, 0.717) is 6.41 Å². The number of imidazole rings is 1. The van der Waals surface area contributed by atoms with E-state index >= 15 is 0 Å². The third-order valence-electron chi connectivity index (χ3n) is 3.10. The Hall–Kier alpha value is -1.86. The van der Waals surface area contributed by atoms with Crippen LogP contribution >= 0.6 is 7.82 Å². The van der Waals surface area contributed by atoms with Crippen LogP contribution in [-0.4, -0.2) is 73.4 Å². The molecule has 14 heteroatoms. The van der Waals surface area contributed by atoms with Gasteiger partial charge in [0.2, 0.25) is 6.41 Å². The van der Waals surface area contributed by atoms with E-state index < -0.39 is 44.9 Å². The largest absolute Gasteiger partial charge is 0.469 e. The van der Waals surface area contributed by atoms with Crippen LogP contribution < -0.4 is 10.6 Å². The van der Waals surface area contributed by atoms with E-state index in [2.05, 4.69) is 25.1 Å². The van der Waals surface area contributed by atoms with Gasteiger partial charge in [-0.3, -0.25) is 14.1 Å². The molecule has 4 atom stereocenters. The molecule has 7 N–H and O–H groups in total. The Morgan fingerprint density at radius 2 is 2.17 bits per heavy atom. The average Bonchev–Trinajstić information content (AvgIpc) is 3.05. The Morgan fingerprint density at radius 1 is 1.46 bits per heavy atom. The third kappa shape index (κ3) is 4.36. The number of aliphatic hydroxyl groups excluding tert-OH is 2. The summed E-state index contributed by atoms with van der Waals surface area (Å²) in [6, 6.07) is 0. The van der Waals surface area contributed by atoms with E-state index in [0.717, 1.165) is 6.33 Å². The van der Waals surface area contributed by atoms with E-state index in [1.807, 2.05) is 0 Å². The van der Waals surface area contributed by atoms with Gasteiger partial charge in [-0.25, -0.2) is 9.55 Å². The fourth-order valence-electron chi connectivity index (χ4n) is 2.01. The molecule has 0 aromatic carbocycles. The molecule has 1 aromatic heterocycles. The summed E-state index contributed by atoms with van der Waals surface area (Å²) in [5.74, 6) is -0.815. The Morgan fingerprint density at radius 3 is 2.79 bits per heavy atom. The maximum atomic E-state index is 12.1. The fourth-order valence-corrected chi connectivity index (χ4v) is 2.35. The van der Waals surface area contributed by atoms with Crippen molar-refractivity contribution in [3.8, 4) is 0 Å². The first kappa shape index (κ1) is 18.5. The van der Waals surface area contributed by atoms with E-state index in [1.54, 1.807) is 0 Å². The maximum absolute atomic E-state index is 12.1. The van der Waals surface area contributed by atoms with Gasteiger partial charge in [0.05, 0.1) is 12.9 Å². The van der Waals surface area contributed by atoms with Gasteiger partial charge < -0.3 is 40.4 Å². The molecule has 134 valence electrons. The molecule has 1 aromatic rings. The number of phosphoric acid groups is 1. The summed E-state index contributed by atoms with van der Waals surface area (Å²) in [6.07, 6.45) is -4.29. The van der Waals surface area contributed by atoms with Crippen LogP contribution in [-0.2, 0) is 18.6 Å². The van der Waals surface area contributed by atoms with Gasteiger partial charge in [0.15, 0.2) is 11.9 Å². The zero-order chi connectivity index (χ0) is 17.9. The van der Waals surface area contributed by atoms with Gasteiger partial charge in [0, 0.05) is 0 Å². The Balaban J connectivity index is 1.99. The van der Waals surface area contributed by atoms with E-state index in [1.165, 1.54) is 0 Å². The molecule has 0 radical (unpaired) electrons. The molecule has 0 aliphatic carbocycles. The van der Waals surface area contributed by atoms with Crippen molar-refractivity contribution in [3.63, 3.8) is 0 Å². The summed E-state index contributed by atoms with van der Waals surface area (Å²) < 4.78 is 20.0. The van der Waals surface area contributed by atoms with Crippen molar-refractivity contribution in [2.24, 2.45) is 0 Å². The van der Waals surface area contributed by atoms with Gasteiger partial charge in [0.25, 0.3) is 5.91 Å². The summed E-state index contributed by atoms with van der Waals surface area (Å²) in [5.41, 5.74) is -0.192. The first-order chi connectivity index (χ1) is 11.2. The van der Waals surface area contributed by atoms with E-state index in [9.17, 15) is 24.4 Å². The third-order valence-corrected chi connectivity index (χ3v) is 3.59. The standard InChI is InChI=1S/C10H15N4O9P/c15-3-13-8-5(11-2-12-8)9(18)14-10-7(17)6(16)4(23-10)1-22-24(19,20)21/h2-4,6-7,10,16-17H,1H2,(H,11,12)(H,13,15)(H,14,18)(H2,19,20,21)/t4-,6-,7-,10?/m1/s1. The second-order valence-electron chi connectivity index (χ2n) is 4.72. The second kappa shape index (κ2) is 7.36. The lowest BCUT2D eigenvalue weighted by Crippen LogP contribution is -2.44. The summed E-state index contributed by atoms with van der Waals surface area (Å²) in [4.78, 5) is 45.9. The fraction of sp³-hybridized carbons (Fsp3) is 0.500. The number of nitrogens with one attached hydrogen (secondary N) is 3. The lowest BCUT2D eigenvalue weighted by molar-refractivity contribution is -0.105. The highest BCUT2D eigenvalue weighted by molar-refractivity contribution is 7.46. The Bertz CT molecular complexity index is 646. The summed E-state index contributed by atoms with van der Waals surface area (Å²) in [7, 11) is -4.78. The lowest BCUT2D eigenvalue weighted by Gasteiger charge is -2.16. The molecule has 24 heavy (non-hydrogen) atoms. The molecule has 2 rings (SSSR count). The van der Waals surface area contributed by atoms with Crippen LogP contribution in [0.25, 0.3) is 0 Å². The number of carbonyl (C=O) groups is 2. The topological polar surface area (TPSA) is 203 Å². The minimum absolute atomic E-state index is 0.0110. The lowest BCUT2D eigenvalue weighted by atomic mass is 10.1. The number of ether oxygens (including phenoxy) is 1. The molecule has 1 fully saturated rings. The van der Waals surface area contributed by atoms with Crippen LogP contribution in [0.3, 0.4) is 0 Å². The number of H-pyrrole nitrogens is 1. The number of nitrogens with zero attached hydrogens (tertiary/aromatic N) is 1. The van der Waals surface area contributed by atoms with Crippen LogP contribution in [0.4, 0.5) is 5.82 Å². The normalized spacial score (nSPS) is 27.0. The number of hydrogen-bond acceptors (Lipinski definition) is 8. The van der Waals surface area contributed by atoms with Crippen LogP contribution in [0.5, 0.6) is 0 Å². The van der Waals surface area contributed by atoms with Crippen molar-refractivity contribution in [1.82, 2.24) is 15.3 Å². The zero-order valence-electron chi connectivity index (χ0n) is 11.9. The van der Waals surface area contributed by atoms with Gasteiger partial charge in [-0.1, -0.05) is 0 Å². The maximum Gasteiger partial charge on any atom is 0.469 e. The van der Waals surface area contributed by atoms with Crippen LogP contribution in [0.1, 0.15) is 10.5 Å². The molecule has 2 heterocycles. The van der Waals surface area contributed by atoms with Gasteiger partial charge in [0.1, 0.15) is 24.1 Å². The van der Waals surface area contributed by atoms with Crippen molar-refractivity contribution < 1.29 is 43.4 Å². The molecule has 1 aliphatic rings. The predicted octanol–water partition coefficient (Wildman–Crippen LogP) is -2.74. The number of rotatable bonds is 7. The molecular weight excluding hydrogens is 351 g/mol. The summed E-state index contributed by atoms with van der Waals surface area (Å²) in [5, 5.41) is 24.0. The monoisotopic (exact) mass is 366 g/mol. The number of anilines is 1. The predicted molar refractivity (Wildman–Crippen MR) is 74.4 cm³/mol. The highest BCUT2D eigenvalue weighted by Crippen LogP contribution is 2.37. The zero-order valence-corrected chi connectivity index (χ0v) is 12.8. The van der Waals surface area contributed by atoms with Crippen LogP contribution in [0.15, 0.2) is 6.33 Å². The highest BCUT2D eigenvalue weighted by Gasteiger charge is 2.44. The molecular formula is C10H15N4O9P. The smallest absolute Gasteiger partial charge is 0.387 e. The summed E-state index contributed by atoms with van der Waals surface area (Å²) in [6.45, 7) is -0.699. The molecule has 1 aliphatic heterocycles. The van der Waals surface area contributed by atoms with Gasteiger partial charge in [-0.2, -0.15) is 0 Å². The van der Waals surface area contributed by atoms with Crippen molar-refractivity contribution in [1.29, 1.82) is 0 Å². The number of aromatic amines is 1. The van der Waals surface area contributed by atoms with Gasteiger partial charge in [-0.15, -0.1) is 0 Å². The van der Waals surface area contributed by atoms with Gasteiger partial charge in [-0.05, 0) is 0 Å². The highest BCUT2D eigenvalue weighted by atomic mass is 31.2. The summed E-state index contributed by atoms with van der Waals surface area (Å²) >= 11 is 0. The van der Waals surface area contributed by atoms with E-state index in [-0.39, 0.29) is 11.5 Å². The Labute approximate surface area is 134 Å². The number of carbonyl (C=O) groups excluding carboxylic acids is 2. The first-order valence-corrected chi connectivity index (χ1v) is 8.02. The first-order valence-electron chi connectivity index (χ1n) is 6.49. The average molecular weight is 366 g/mol. The molecule has 0 saturated carbocycles. The van der Waals surface area contributed by atoms with Crippen LogP contribution in [0, 0.1) is 0 Å². The van der Waals surface area contributed by atoms with Crippen LogP contribution in [0.2, 0.25) is 0 Å². The molecule has 1 unspecified atom stereocenters. The molecule has 0 bridgehead atoms. The second-order valence-corrected chi connectivity index (χ2v) is 5.96. The number of phosphoric ester groups is 1. The Kier molecular flexibility index (Phi) is 5.66. The molecule has 2 amide bonds. The molecule has 1 saturated heterocycles. The van der Waals surface area contributed by atoms with Crippen molar-refractivity contribution in [3.05, 3.63) is 12.0 Å². The molecule has 13 nitrogen and oxygen atoms in total. The van der Waals surface area contributed by atoms with Crippen molar-refractivity contribution in [2.45, 2.75) is 24.5 Å². The van der Waals surface area contributed by atoms with Crippen molar-refractivity contribution in [2.75, 3.05) is 11.9 Å². The molecule has 0 spiro atoms.